The Morgan fingerprint density at radius 2 is 1.16 bits per heavy atom. The number of hydrogen-bond donors (Lipinski definition) is 0. The second-order valence-electron chi connectivity index (χ2n) is 7.42. The van der Waals surface area contributed by atoms with Crippen LogP contribution < -0.4 is 0 Å². The second kappa shape index (κ2) is 16.7. The number of carbonyl (C=O) groups excluding carboxylic acids is 1. The number of rotatable bonds is 16. The molecule has 0 aliphatic carbocycles. The molecular formula is C21H41NO3. The number of carbonyl (C=O) groups is 1. The summed E-state index contributed by atoms with van der Waals surface area (Å²) in [5.74, 6) is 0. The first-order valence-electron chi connectivity index (χ1n) is 10.9. The minimum atomic E-state index is -0.531. The Hall–Kier alpha value is -0.770. The van der Waals surface area contributed by atoms with Crippen molar-refractivity contribution in [2.24, 2.45) is 0 Å². The molecule has 0 amide bonds. The molecule has 0 N–H and O–H groups in total. The zero-order valence-corrected chi connectivity index (χ0v) is 16.6. The van der Waals surface area contributed by atoms with E-state index in [0.29, 0.717) is 6.61 Å². The maximum Gasteiger partial charge on any atom is 0.527 e. The van der Waals surface area contributed by atoms with Crippen molar-refractivity contribution in [2.45, 2.75) is 110 Å². The van der Waals surface area contributed by atoms with Crippen molar-refractivity contribution in [3.8, 4) is 0 Å². The minimum absolute atomic E-state index is 0.491. The van der Waals surface area contributed by atoms with E-state index in [2.05, 4.69) is 6.92 Å². The lowest BCUT2D eigenvalue weighted by atomic mass is 10.0. The van der Waals surface area contributed by atoms with Gasteiger partial charge in [-0.3, -0.25) is 0 Å². The number of hydroxylamine groups is 2. The molecule has 0 aromatic carbocycles. The van der Waals surface area contributed by atoms with Crippen LogP contribution in [0.3, 0.4) is 0 Å². The third kappa shape index (κ3) is 14.1. The molecule has 0 aromatic rings. The molecule has 25 heavy (non-hydrogen) atoms. The van der Waals surface area contributed by atoms with E-state index in [1.807, 2.05) is 0 Å². The highest BCUT2D eigenvalue weighted by molar-refractivity contribution is 5.59. The zero-order chi connectivity index (χ0) is 18.0. The first kappa shape index (κ1) is 22.3. The summed E-state index contributed by atoms with van der Waals surface area (Å²) in [4.78, 5) is 16.5. The van der Waals surface area contributed by atoms with Gasteiger partial charge in [-0.25, -0.2) is 4.79 Å². The molecule has 0 saturated carbocycles. The fourth-order valence-corrected chi connectivity index (χ4v) is 3.36. The highest BCUT2D eigenvalue weighted by Crippen LogP contribution is 2.13. The van der Waals surface area contributed by atoms with Crippen molar-refractivity contribution in [1.82, 2.24) is 5.06 Å². The smallest absolute Gasteiger partial charge is 0.433 e. The van der Waals surface area contributed by atoms with E-state index in [4.69, 9.17) is 9.57 Å². The highest BCUT2D eigenvalue weighted by atomic mass is 16.8. The lowest BCUT2D eigenvalue weighted by Gasteiger charge is -2.13. The van der Waals surface area contributed by atoms with Crippen molar-refractivity contribution in [2.75, 3.05) is 19.7 Å². The van der Waals surface area contributed by atoms with Crippen molar-refractivity contribution in [1.29, 1.82) is 0 Å². The predicted octanol–water partition coefficient (Wildman–Crippen LogP) is 6.63. The summed E-state index contributed by atoms with van der Waals surface area (Å²) in [5.41, 5.74) is 0. The van der Waals surface area contributed by atoms with Gasteiger partial charge in [0.25, 0.3) is 0 Å². The van der Waals surface area contributed by atoms with Crippen LogP contribution in [0, 0.1) is 0 Å². The van der Waals surface area contributed by atoms with Gasteiger partial charge >= 0.3 is 6.16 Å². The molecule has 0 atom stereocenters. The lowest BCUT2D eigenvalue weighted by Crippen LogP contribution is -2.24. The topological polar surface area (TPSA) is 38.8 Å². The van der Waals surface area contributed by atoms with Crippen LogP contribution in [0.2, 0.25) is 0 Å². The normalized spacial score (nSPS) is 14.8. The van der Waals surface area contributed by atoms with Crippen molar-refractivity contribution < 1.29 is 14.4 Å². The van der Waals surface area contributed by atoms with E-state index >= 15 is 0 Å². The van der Waals surface area contributed by atoms with Crippen molar-refractivity contribution in [3.63, 3.8) is 0 Å². The van der Waals surface area contributed by atoms with E-state index in [1.165, 1.54) is 77.0 Å². The molecule has 1 rings (SSSR count). The van der Waals surface area contributed by atoms with Crippen LogP contribution in [0.25, 0.3) is 0 Å². The van der Waals surface area contributed by atoms with E-state index in [0.717, 1.165) is 38.8 Å². The number of hydrogen-bond acceptors (Lipinski definition) is 4. The minimum Gasteiger partial charge on any atom is -0.433 e. The molecule has 0 bridgehead atoms. The summed E-state index contributed by atoms with van der Waals surface area (Å²) in [6.07, 6.45) is 20.4. The monoisotopic (exact) mass is 355 g/mol. The summed E-state index contributed by atoms with van der Waals surface area (Å²) in [6, 6.07) is 0. The average Bonchev–Trinajstić information content (AvgIpc) is 3.11. The van der Waals surface area contributed by atoms with Gasteiger partial charge in [0.05, 0.1) is 6.61 Å². The third-order valence-corrected chi connectivity index (χ3v) is 4.99. The molecule has 4 heteroatoms. The molecule has 0 spiro atoms. The Kier molecular flexibility index (Phi) is 14.9. The Morgan fingerprint density at radius 1 is 0.720 bits per heavy atom. The molecule has 0 unspecified atom stereocenters. The Labute approximate surface area is 155 Å². The maximum absolute atomic E-state index is 11.4. The molecule has 1 fully saturated rings. The highest BCUT2D eigenvalue weighted by Gasteiger charge is 2.16. The van der Waals surface area contributed by atoms with E-state index in [9.17, 15) is 4.79 Å². The van der Waals surface area contributed by atoms with Gasteiger partial charge in [0.1, 0.15) is 0 Å². The number of ether oxygens (including phenoxy) is 1. The van der Waals surface area contributed by atoms with E-state index in [1.54, 1.807) is 5.06 Å². The van der Waals surface area contributed by atoms with Crippen LogP contribution in [-0.4, -0.2) is 30.9 Å². The van der Waals surface area contributed by atoms with Gasteiger partial charge < -0.3 is 9.57 Å². The molecule has 148 valence electrons. The van der Waals surface area contributed by atoms with E-state index < -0.39 is 6.16 Å². The second-order valence-corrected chi connectivity index (χ2v) is 7.42. The summed E-state index contributed by atoms with van der Waals surface area (Å²) < 4.78 is 5.11. The maximum atomic E-state index is 11.4. The van der Waals surface area contributed by atoms with Crippen LogP contribution in [0.4, 0.5) is 4.79 Å². The van der Waals surface area contributed by atoms with Gasteiger partial charge in [0.15, 0.2) is 0 Å². The Bertz CT molecular complexity index is 304. The SMILES string of the molecule is CCCCCCCCCCCCCCCCOC(=O)ON1CCCC1. The van der Waals surface area contributed by atoms with Gasteiger partial charge in [-0.1, -0.05) is 90.4 Å². The first-order chi connectivity index (χ1) is 12.3. The van der Waals surface area contributed by atoms with Crippen LogP contribution in [0.5, 0.6) is 0 Å². The van der Waals surface area contributed by atoms with Gasteiger partial charge in [-0.15, -0.1) is 5.06 Å². The van der Waals surface area contributed by atoms with Crippen LogP contribution in [-0.2, 0) is 9.57 Å². The fraction of sp³-hybridized carbons (Fsp3) is 0.952. The van der Waals surface area contributed by atoms with Crippen LogP contribution in [0.15, 0.2) is 0 Å². The summed E-state index contributed by atoms with van der Waals surface area (Å²) in [7, 11) is 0. The first-order valence-corrected chi connectivity index (χ1v) is 10.9. The largest absolute Gasteiger partial charge is 0.527 e. The predicted molar refractivity (Wildman–Crippen MR) is 104 cm³/mol. The van der Waals surface area contributed by atoms with Gasteiger partial charge in [0.2, 0.25) is 0 Å². The molecule has 1 aliphatic heterocycles. The number of unbranched alkanes of at least 4 members (excludes halogenated alkanes) is 13. The molecule has 1 heterocycles. The molecular weight excluding hydrogens is 314 g/mol. The third-order valence-electron chi connectivity index (χ3n) is 4.99. The van der Waals surface area contributed by atoms with Crippen LogP contribution in [0.1, 0.15) is 110 Å². The average molecular weight is 356 g/mol. The van der Waals surface area contributed by atoms with Crippen LogP contribution >= 0.6 is 0 Å². The standard InChI is InChI=1S/C21H41NO3/c1-2-3-4-5-6-7-8-9-10-11-12-13-14-17-20-24-21(23)25-22-18-15-16-19-22/h2-20H2,1H3. The molecule has 0 aromatic heterocycles. The molecule has 4 nitrogen and oxygen atoms in total. The fourth-order valence-electron chi connectivity index (χ4n) is 3.36. The molecule has 1 aliphatic rings. The van der Waals surface area contributed by atoms with Gasteiger partial charge in [0, 0.05) is 13.1 Å². The Morgan fingerprint density at radius 3 is 1.64 bits per heavy atom. The number of nitrogens with zero attached hydrogens (tertiary/aromatic N) is 1. The Balaban J connectivity index is 1.71. The van der Waals surface area contributed by atoms with Gasteiger partial charge in [-0.2, -0.15) is 0 Å². The summed E-state index contributed by atoms with van der Waals surface area (Å²) in [5, 5.41) is 1.70. The van der Waals surface area contributed by atoms with Crippen molar-refractivity contribution >= 4 is 6.16 Å². The molecule has 1 saturated heterocycles. The molecule has 0 radical (unpaired) electrons. The van der Waals surface area contributed by atoms with E-state index in [-0.39, 0.29) is 0 Å². The zero-order valence-electron chi connectivity index (χ0n) is 16.6. The van der Waals surface area contributed by atoms with Crippen molar-refractivity contribution in [3.05, 3.63) is 0 Å². The summed E-state index contributed by atoms with van der Waals surface area (Å²) >= 11 is 0. The lowest BCUT2D eigenvalue weighted by molar-refractivity contribution is -0.112. The summed E-state index contributed by atoms with van der Waals surface area (Å²) in [6.45, 7) is 4.45. The van der Waals surface area contributed by atoms with Gasteiger partial charge in [-0.05, 0) is 19.3 Å². The quantitative estimate of drug-likeness (QED) is 0.230.